The van der Waals surface area contributed by atoms with Crippen molar-refractivity contribution >= 4 is 40.1 Å². The fraction of sp³-hybridized carbons (Fsp3) is 0.875. The summed E-state index contributed by atoms with van der Waals surface area (Å²) >= 11 is 10.5. The number of thioether (sulfide) groups is 1. The van der Waals surface area contributed by atoms with Gasteiger partial charge in [-0.25, -0.2) is 0 Å². The Hall–Kier alpha value is 0.790. The highest BCUT2D eigenvalue weighted by molar-refractivity contribution is 8.41. The lowest BCUT2D eigenvalue weighted by atomic mass is 10.2. The molecule has 3 heteroatoms. The second-order valence-electron chi connectivity index (χ2n) is 2.53. The summed E-state index contributed by atoms with van der Waals surface area (Å²) in [5.41, 5.74) is 0. The smallest absolute Gasteiger partial charge is 0.101 e. The highest BCUT2D eigenvalue weighted by atomic mass is 32.2. The summed E-state index contributed by atoms with van der Waals surface area (Å²) in [6, 6.07) is 0. The molecule has 0 fully saturated rings. The first-order valence-corrected chi connectivity index (χ1v) is 5.97. The van der Waals surface area contributed by atoms with Crippen molar-refractivity contribution in [3.8, 4) is 0 Å². The second-order valence-corrected chi connectivity index (χ2v) is 5.35. The predicted octanol–water partition coefficient (Wildman–Crippen LogP) is 3.90. The molecule has 0 aliphatic heterocycles. The predicted molar refractivity (Wildman–Crippen MR) is 62.8 cm³/mol. The van der Waals surface area contributed by atoms with Crippen LogP contribution in [0.3, 0.4) is 0 Å². The van der Waals surface area contributed by atoms with Crippen molar-refractivity contribution in [2.45, 2.75) is 39.0 Å². The molecule has 0 bridgehead atoms. The molecule has 11 heavy (non-hydrogen) atoms. The van der Waals surface area contributed by atoms with E-state index in [-0.39, 0.29) is 0 Å². The van der Waals surface area contributed by atoms with Crippen LogP contribution in [0, 0.1) is 0 Å². The first-order chi connectivity index (χ1) is 5.27. The molecule has 0 rings (SSSR count). The molecule has 0 nitrogen and oxygen atoms in total. The van der Waals surface area contributed by atoms with E-state index in [1.165, 1.54) is 32.1 Å². The van der Waals surface area contributed by atoms with E-state index < -0.39 is 0 Å². The molecule has 0 aliphatic carbocycles. The van der Waals surface area contributed by atoms with Crippen LogP contribution in [0.5, 0.6) is 0 Å². The molecular formula is C8H16S3. The number of hydrogen-bond donors (Lipinski definition) is 1. The highest BCUT2D eigenvalue weighted by Gasteiger charge is 1.91. The summed E-state index contributed by atoms with van der Waals surface area (Å²) in [6.07, 6.45) is 6.69. The number of thiol groups is 1. The van der Waals surface area contributed by atoms with Crippen LogP contribution in [0.1, 0.15) is 39.0 Å². The maximum atomic E-state index is 4.82. The fourth-order valence-corrected chi connectivity index (χ4v) is 1.91. The SMILES string of the molecule is CCCCCCCSC(=S)S. The van der Waals surface area contributed by atoms with Crippen LogP contribution in [0.15, 0.2) is 0 Å². The van der Waals surface area contributed by atoms with Crippen LogP contribution in [-0.4, -0.2) is 9.28 Å². The van der Waals surface area contributed by atoms with E-state index in [2.05, 4.69) is 19.6 Å². The molecule has 0 aromatic rings. The van der Waals surface area contributed by atoms with Crippen molar-refractivity contribution in [2.24, 2.45) is 0 Å². The minimum absolute atomic E-state index is 0.778. The summed E-state index contributed by atoms with van der Waals surface area (Å²) < 4.78 is 0.778. The van der Waals surface area contributed by atoms with Gasteiger partial charge in [0, 0.05) is 0 Å². The summed E-state index contributed by atoms with van der Waals surface area (Å²) in [6.45, 7) is 2.23. The van der Waals surface area contributed by atoms with Gasteiger partial charge >= 0.3 is 0 Å². The van der Waals surface area contributed by atoms with Gasteiger partial charge in [0.2, 0.25) is 0 Å². The third kappa shape index (κ3) is 10.8. The van der Waals surface area contributed by atoms with Crippen molar-refractivity contribution in [3.05, 3.63) is 0 Å². The Bertz CT molecular complexity index is 102. The average Bonchev–Trinajstić information content (AvgIpc) is 1.96. The van der Waals surface area contributed by atoms with Crippen molar-refractivity contribution < 1.29 is 0 Å². The van der Waals surface area contributed by atoms with Gasteiger partial charge in [0.15, 0.2) is 0 Å². The third-order valence-corrected chi connectivity index (χ3v) is 2.95. The Balaban J connectivity index is 2.85. The lowest BCUT2D eigenvalue weighted by Crippen LogP contribution is -1.83. The van der Waals surface area contributed by atoms with E-state index in [1.807, 2.05) is 0 Å². The average molecular weight is 208 g/mol. The Morgan fingerprint density at radius 1 is 1.27 bits per heavy atom. The van der Waals surface area contributed by atoms with Crippen LogP contribution < -0.4 is 0 Å². The largest absolute Gasteiger partial charge is 0.125 e. The summed E-state index contributed by atoms with van der Waals surface area (Å²) in [4.78, 5) is 0. The normalized spacial score (nSPS) is 10.0. The van der Waals surface area contributed by atoms with E-state index in [1.54, 1.807) is 11.8 Å². The Labute approximate surface area is 84.9 Å². The zero-order valence-corrected chi connectivity index (χ0v) is 9.53. The van der Waals surface area contributed by atoms with E-state index in [0.29, 0.717) is 0 Å². The topological polar surface area (TPSA) is 0 Å². The molecule has 66 valence electrons. The molecule has 0 radical (unpaired) electrons. The van der Waals surface area contributed by atoms with Crippen LogP contribution in [0.2, 0.25) is 0 Å². The fourth-order valence-electron chi connectivity index (χ4n) is 0.865. The Morgan fingerprint density at radius 3 is 2.45 bits per heavy atom. The maximum Gasteiger partial charge on any atom is 0.101 e. The maximum absolute atomic E-state index is 4.82. The summed E-state index contributed by atoms with van der Waals surface area (Å²) in [7, 11) is 0. The van der Waals surface area contributed by atoms with Gasteiger partial charge < -0.3 is 0 Å². The first-order valence-electron chi connectivity index (χ1n) is 4.13. The number of hydrogen-bond acceptors (Lipinski definition) is 2. The molecule has 0 spiro atoms. The number of rotatable bonds is 6. The quantitative estimate of drug-likeness (QED) is 0.399. The standard InChI is InChI=1S/C8H16S3/c1-2-3-4-5-6-7-11-8(9)10/h2-7H2,1H3,(H,9,10). The van der Waals surface area contributed by atoms with Crippen LogP contribution in [0.4, 0.5) is 0 Å². The van der Waals surface area contributed by atoms with E-state index in [9.17, 15) is 0 Å². The molecule has 0 heterocycles. The molecule has 0 saturated heterocycles. The second kappa shape index (κ2) is 8.88. The van der Waals surface area contributed by atoms with Gasteiger partial charge in [0.25, 0.3) is 0 Å². The van der Waals surface area contributed by atoms with Crippen LogP contribution in [-0.2, 0) is 0 Å². The van der Waals surface area contributed by atoms with E-state index in [4.69, 9.17) is 12.2 Å². The monoisotopic (exact) mass is 208 g/mol. The van der Waals surface area contributed by atoms with Crippen LogP contribution in [0.25, 0.3) is 0 Å². The molecule has 0 saturated carbocycles. The van der Waals surface area contributed by atoms with E-state index >= 15 is 0 Å². The van der Waals surface area contributed by atoms with Gasteiger partial charge in [-0.05, 0) is 12.2 Å². The van der Waals surface area contributed by atoms with Gasteiger partial charge in [-0.1, -0.05) is 44.8 Å². The van der Waals surface area contributed by atoms with Gasteiger partial charge in [-0.3, -0.25) is 0 Å². The molecule has 0 amide bonds. The minimum Gasteiger partial charge on any atom is -0.125 e. The zero-order valence-electron chi connectivity index (χ0n) is 7.01. The van der Waals surface area contributed by atoms with Crippen LogP contribution >= 0.6 is 36.6 Å². The summed E-state index contributed by atoms with van der Waals surface area (Å²) in [5, 5.41) is 0. The van der Waals surface area contributed by atoms with Crippen molar-refractivity contribution in [1.82, 2.24) is 0 Å². The minimum atomic E-state index is 0.778. The number of unbranched alkanes of at least 4 members (excludes halogenated alkanes) is 4. The zero-order chi connectivity index (χ0) is 8.53. The third-order valence-electron chi connectivity index (χ3n) is 1.47. The van der Waals surface area contributed by atoms with Crippen molar-refractivity contribution in [1.29, 1.82) is 0 Å². The summed E-state index contributed by atoms with van der Waals surface area (Å²) in [5.74, 6) is 1.14. The lowest BCUT2D eigenvalue weighted by molar-refractivity contribution is 0.660. The number of thiocarbonyl (C=S) groups is 1. The lowest BCUT2D eigenvalue weighted by Gasteiger charge is -1.98. The Kier molecular flexibility index (Phi) is 9.52. The molecule has 0 aromatic carbocycles. The first kappa shape index (κ1) is 11.8. The van der Waals surface area contributed by atoms with Gasteiger partial charge in [0.1, 0.15) is 3.53 Å². The molecule has 0 atom stereocenters. The van der Waals surface area contributed by atoms with E-state index in [0.717, 1.165) is 9.28 Å². The molecule has 0 aromatic heterocycles. The molecule has 0 unspecified atom stereocenters. The van der Waals surface area contributed by atoms with Crippen molar-refractivity contribution in [3.63, 3.8) is 0 Å². The molecule has 0 N–H and O–H groups in total. The Morgan fingerprint density at radius 2 is 1.91 bits per heavy atom. The van der Waals surface area contributed by atoms with Crippen molar-refractivity contribution in [2.75, 3.05) is 5.75 Å². The molecule has 0 aliphatic rings. The van der Waals surface area contributed by atoms with Gasteiger partial charge in [0.05, 0.1) is 0 Å². The van der Waals surface area contributed by atoms with Gasteiger partial charge in [-0.2, -0.15) is 0 Å². The molecular weight excluding hydrogens is 192 g/mol. The highest BCUT2D eigenvalue weighted by Crippen LogP contribution is 2.12. The van der Waals surface area contributed by atoms with Gasteiger partial charge in [-0.15, -0.1) is 24.4 Å².